The second-order valence-corrected chi connectivity index (χ2v) is 8.17. The van der Waals surface area contributed by atoms with Gasteiger partial charge in [0, 0.05) is 27.8 Å². The number of halogens is 2. The van der Waals surface area contributed by atoms with Gasteiger partial charge in [-0.1, -0.05) is 37.6 Å². The Hall–Kier alpha value is -1.04. The minimum absolute atomic E-state index is 0.0707. The van der Waals surface area contributed by atoms with E-state index in [0.29, 0.717) is 17.4 Å². The molecular formula is C14H16Cl2N2O2S. The van der Waals surface area contributed by atoms with Crippen molar-refractivity contribution in [1.82, 2.24) is 9.55 Å². The van der Waals surface area contributed by atoms with Crippen LogP contribution in [0.5, 0.6) is 0 Å². The van der Waals surface area contributed by atoms with Gasteiger partial charge in [0.1, 0.15) is 5.82 Å². The standard InChI is InChI=1S/C14H16Cl2N2O2S/c1-9(2)14-17-13(21(16,19)20)8-18(14)7-11-5-4-10(3)6-12(11)15/h4-6,8-9H,7H2,1-3H3. The maximum Gasteiger partial charge on any atom is 0.280 e. The van der Waals surface area contributed by atoms with Gasteiger partial charge in [0.15, 0.2) is 5.03 Å². The number of aryl methyl sites for hydroxylation is 1. The number of imidazole rings is 1. The molecule has 114 valence electrons. The average molecular weight is 347 g/mol. The molecule has 0 N–H and O–H groups in total. The van der Waals surface area contributed by atoms with Crippen molar-refractivity contribution < 1.29 is 8.42 Å². The van der Waals surface area contributed by atoms with Crippen molar-refractivity contribution in [2.75, 3.05) is 0 Å². The number of hydrogen-bond donors (Lipinski definition) is 0. The van der Waals surface area contributed by atoms with E-state index in [-0.39, 0.29) is 10.9 Å². The Bertz CT molecular complexity index is 767. The van der Waals surface area contributed by atoms with Crippen molar-refractivity contribution in [3.05, 3.63) is 46.4 Å². The fraction of sp³-hybridized carbons (Fsp3) is 0.357. The van der Waals surface area contributed by atoms with Crippen LogP contribution < -0.4 is 0 Å². The van der Waals surface area contributed by atoms with E-state index >= 15 is 0 Å². The van der Waals surface area contributed by atoms with Gasteiger partial charge in [-0.3, -0.25) is 0 Å². The van der Waals surface area contributed by atoms with Gasteiger partial charge in [-0.2, -0.15) is 0 Å². The first kappa shape index (κ1) is 16.3. The van der Waals surface area contributed by atoms with Crippen LogP contribution in [0.4, 0.5) is 0 Å². The molecule has 0 atom stereocenters. The van der Waals surface area contributed by atoms with Gasteiger partial charge < -0.3 is 4.57 Å². The normalized spacial score (nSPS) is 12.1. The molecular weight excluding hydrogens is 331 g/mol. The summed E-state index contributed by atoms with van der Waals surface area (Å²) in [5, 5.41) is 0.518. The molecule has 2 rings (SSSR count). The van der Waals surface area contributed by atoms with Crippen LogP contribution in [-0.4, -0.2) is 18.0 Å². The minimum atomic E-state index is -3.84. The lowest BCUT2D eigenvalue weighted by molar-refractivity contribution is 0.606. The molecule has 0 saturated heterocycles. The van der Waals surface area contributed by atoms with Crippen LogP contribution >= 0.6 is 22.3 Å². The molecule has 0 aliphatic rings. The molecule has 0 fully saturated rings. The maximum absolute atomic E-state index is 11.4. The number of aromatic nitrogens is 2. The maximum atomic E-state index is 11.4. The van der Waals surface area contributed by atoms with Crippen LogP contribution in [0.2, 0.25) is 5.02 Å². The molecule has 0 bridgehead atoms. The molecule has 1 aromatic carbocycles. The van der Waals surface area contributed by atoms with Gasteiger partial charge in [-0.15, -0.1) is 0 Å². The Balaban J connectivity index is 2.45. The second-order valence-electron chi connectivity index (χ2n) is 5.25. The van der Waals surface area contributed by atoms with E-state index in [1.807, 2.05) is 39.0 Å². The molecule has 1 aromatic heterocycles. The summed E-state index contributed by atoms with van der Waals surface area (Å²) in [5.74, 6) is 0.729. The zero-order valence-corrected chi connectivity index (χ0v) is 14.3. The molecule has 2 aromatic rings. The summed E-state index contributed by atoms with van der Waals surface area (Å²) in [6.07, 6.45) is 1.45. The molecule has 7 heteroatoms. The Labute approximate surface area is 134 Å². The molecule has 0 aliphatic carbocycles. The van der Waals surface area contributed by atoms with Gasteiger partial charge >= 0.3 is 0 Å². The zero-order valence-electron chi connectivity index (χ0n) is 12.0. The quantitative estimate of drug-likeness (QED) is 0.787. The molecule has 0 unspecified atom stereocenters. The van der Waals surface area contributed by atoms with Gasteiger partial charge in [0.05, 0.1) is 6.54 Å². The van der Waals surface area contributed by atoms with E-state index in [1.54, 1.807) is 4.57 Å². The summed E-state index contributed by atoms with van der Waals surface area (Å²) >= 11 is 6.23. The van der Waals surface area contributed by atoms with Gasteiger partial charge in [0.25, 0.3) is 9.05 Å². The van der Waals surface area contributed by atoms with Crippen LogP contribution in [0.1, 0.15) is 36.7 Å². The number of nitrogens with zero attached hydrogens (tertiary/aromatic N) is 2. The van der Waals surface area contributed by atoms with Crippen LogP contribution in [0.15, 0.2) is 29.4 Å². The zero-order chi connectivity index (χ0) is 15.8. The largest absolute Gasteiger partial charge is 0.329 e. The highest BCUT2D eigenvalue weighted by atomic mass is 35.7. The van der Waals surface area contributed by atoms with E-state index in [2.05, 4.69) is 4.98 Å². The number of rotatable bonds is 4. The lowest BCUT2D eigenvalue weighted by Gasteiger charge is -2.11. The lowest BCUT2D eigenvalue weighted by atomic mass is 10.1. The highest BCUT2D eigenvalue weighted by Gasteiger charge is 2.20. The average Bonchev–Trinajstić information content (AvgIpc) is 2.76. The van der Waals surface area contributed by atoms with Gasteiger partial charge in [0.2, 0.25) is 0 Å². The Kier molecular flexibility index (Phi) is 4.66. The number of hydrogen-bond acceptors (Lipinski definition) is 3. The SMILES string of the molecule is Cc1ccc(Cn2cc(S(=O)(=O)Cl)nc2C(C)C)c(Cl)c1. The summed E-state index contributed by atoms with van der Waals surface area (Å²) in [6.45, 7) is 6.30. The van der Waals surface area contributed by atoms with Crippen LogP contribution in [0.3, 0.4) is 0 Å². The summed E-state index contributed by atoms with van der Waals surface area (Å²) in [6, 6.07) is 5.77. The molecule has 4 nitrogen and oxygen atoms in total. The highest BCUT2D eigenvalue weighted by molar-refractivity contribution is 8.13. The second kappa shape index (κ2) is 5.99. The smallest absolute Gasteiger partial charge is 0.280 e. The first-order valence-electron chi connectivity index (χ1n) is 6.45. The predicted octanol–water partition coefficient (Wildman–Crippen LogP) is 3.94. The summed E-state index contributed by atoms with van der Waals surface area (Å²) in [5.41, 5.74) is 1.97. The third-order valence-electron chi connectivity index (χ3n) is 3.10. The Morgan fingerprint density at radius 2 is 2.00 bits per heavy atom. The van der Waals surface area contributed by atoms with E-state index < -0.39 is 9.05 Å². The molecule has 0 spiro atoms. The monoisotopic (exact) mass is 346 g/mol. The minimum Gasteiger partial charge on any atom is -0.329 e. The fourth-order valence-corrected chi connectivity index (χ4v) is 3.05. The van der Waals surface area contributed by atoms with Crippen molar-refractivity contribution in [3.63, 3.8) is 0 Å². The summed E-state index contributed by atoms with van der Waals surface area (Å²) in [4.78, 5) is 4.12. The third-order valence-corrected chi connectivity index (χ3v) is 4.62. The molecule has 21 heavy (non-hydrogen) atoms. The van der Waals surface area contributed by atoms with Crippen molar-refractivity contribution in [2.45, 2.75) is 38.3 Å². The summed E-state index contributed by atoms with van der Waals surface area (Å²) in [7, 11) is 1.53. The van der Waals surface area contributed by atoms with Crippen molar-refractivity contribution in [2.24, 2.45) is 0 Å². The first-order chi connectivity index (χ1) is 9.68. The summed E-state index contributed by atoms with van der Waals surface area (Å²) < 4.78 is 24.7. The number of benzene rings is 1. The van der Waals surface area contributed by atoms with Crippen LogP contribution in [0.25, 0.3) is 0 Å². The van der Waals surface area contributed by atoms with Crippen LogP contribution in [0, 0.1) is 6.92 Å². The molecule has 1 heterocycles. The van der Waals surface area contributed by atoms with Crippen molar-refractivity contribution >= 4 is 31.3 Å². The molecule has 0 aliphatic heterocycles. The topological polar surface area (TPSA) is 52.0 Å². The molecule has 0 amide bonds. The van der Waals surface area contributed by atoms with Crippen molar-refractivity contribution in [1.29, 1.82) is 0 Å². The first-order valence-corrected chi connectivity index (χ1v) is 9.14. The van der Waals surface area contributed by atoms with Crippen LogP contribution in [-0.2, 0) is 15.6 Å². The van der Waals surface area contributed by atoms with E-state index in [4.69, 9.17) is 22.3 Å². The lowest BCUT2D eigenvalue weighted by Crippen LogP contribution is -2.06. The highest BCUT2D eigenvalue weighted by Crippen LogP contribution is 2.24. The Morgan fingerprint density at radius 3 is 2.52 bits per heavy atom. The third kappa shape index (κ3) is 3.78. The predicted molar refractivity (Wildman–Crippen MR) is 84.6 cm³/mol. The fourth-order valence-electron chi connectivity index (χ4n) is 2.07. The van der Waals surface area contributed by atoms with Gasteiger partial charge in [-0.05, 0) is 24.1 Å². The van der Waals surface area contributed by atoms with E-state index in [1.165, 1.54) is 6.20 Å². The molecule has 0 saturated carbocycles. The van der Waals surface area contributed by atoms with E-state index in [9.17, 15) is 8.42 Å². The Morgan fingerprint density at radius 1 is 1.33 bits per heavy atom. The van der Waals surface area contributed by atoms with E-state index in [0.717, 1.165) is 11.1 Å². The van der Waals surface area contributed by atoms with Crippen molar-refractivity contribution in [3.8, 4) is 0 Å². The molecule has 0 radical (unpaired) electrons. The van der Waals surface area contributed by atoms with Gasteiger partial charge in [-0.25, -0.2) is 13.4 Å².